The number of carbonyl (C=O) groups excluding carboxylic acids is 2. The maximum absolute atomic E-state index is 10.9. The van der Waals surface area contributed by atoms with Gasteiger partial charge in [-0.15, -0.1) is 0 Å². The van der Waals surface area contributed by atoms with Crippen LogP contribution in [0, 0.1) is 0 Å². The second-order valence-corrected chi connectivity index (χ2v) is 4.24. The van der Waals surface area contributed by atoms with Crippen LogP contribution in [0.15, 0.2) is 4.99 Å². The minimum atomic E-state index is -1.13. The predicted octanol–water partition coefficient (Wildman–Crippen LogP) is -2.26. The Morgan fingerprint density at radius 3 is 2.78 bits per heavy atom. The molecule has 0 radical (unpaired) electrons. The molecule has 0 saturated heterocycles. The van der Waals surface area contributed by atoms with E-state index >= 15 is 0 Å². The first kappa shape index (κ1) is 14.2. The number of nitrogens with two attached hydrogens (primary N) is 2. The van der Waals surface area contributed by atoms with E-state index in [0.29, 0.717) is 19.3 Å². The van der Waals surface area contributed by atoms with Crippen LogP contribution in [-0.4, -0.2) is 46.7 Å². The van der Waals surface area contributed by atoms with Crippen molar-refractivity contribution in [1.82, 2.24) is 4.90 Å². The topological polar surface area (TPSA) is 145 Å². The zero-order valence-electron chi connectivity index (χ0n) is 9.91. The van der Waals surface area contributed by atoms with Crippen molar-refractivity contribution in [1.29, 1.82) is 0 Å². The van der Waals surface area contributed by atoms with Gasteiger partial charge >= 0.3 is 6.03 Å². The Kier molecular flexibility index (Phi) is 4.90. The Balaban J connectivity index is 2.32. The van der Waals surface area contributed by atoms with E-state index in [2.05, 4.69) is 4.99 Å². The molecule has 1 aliphatic rings. The number of primary amides is 1. The van der Waals surface area contributed by atoms with E-state index in [4.69, 9.17) is 11.5 Å². The third kappa shape index (κ3) is 4.21. The summed E-state index contributed by atoms with van der Waals surface area (Å²) in [6.07, 6.45) is 0.238. The molecule has 5 N–H and O–H groups in total. The number of carbonyl (C=O) groups is 2. The highest BCUT2D eigenvalue weighted by atomic mass is 16.4. The summed E-state index contributed by atoms with van der Waals surface area (Å²) in [5, 5.41) is 19.9. The average molecular weight is 257 g/mol. The van der Waals surface area contributed by atoms with Gasteiger partial charge in [0.2, 0.25) is 0 Å². The van der Waals surface area contributed by atoms with Gasteiger partial charge in [0.15, 0.2) is 5.96 Å². The molecular weight excluding hydrogens is 240 g/mol. The molecule has 0 fully saturated rings. The molecule has 1 unspecified atom stereocenters. The molecule has 0 aromatic heterocycles. The van der Waals surface area contributed by atoms with Crippen LogP contribution in [0.1, 0.15) is 25.7 Å². The first-order valence-electron chi connectivity index (χ1n) is 5.68. The average Bonchev–Trinajstić information content (AvgIpc) is 2.58. The smallest absolute Gasteiger partial charge is 0.321 e. The monoisotopic (exact) mass is 257 g/mol. The highest BCUT2D eigenvalue weighted by Gasteiger charge is 2.28. The summed E-state index contributed by atoms with van der Waals surface area (Å²) in [7, 11) is 0. The van der Waals surface area contributed by atoms with E-state index in [1.807, 2.05) is 0 Å². The predicted molar refractivity (Wildman–Crippen MR) is 61.2 cm³/mol. The largest absolute Gasteiger partial charge is 0.550 e. The number of aliphatic carboxylic acids is 1. The number of hydrogen-bond acceptors (Lipinski definition) is 6. The molecule has 0 aliphatic carbocycles. The third-order valence-electron chi connectivity index (χ3n) is 2.71. The minimum absolute atomic E-state index is 0.0504. The molecule has 0 bridgehead atoms. The molecule has 2 atom stereocenters. The van der Waals surface area contributed by atoms with Crippen LogP contribution in [0.2, 0.25) is 0 Å². The van der Waals surface area contributed by atoms with Crippen LogP contribution in [-0.2, 0) is 4.79 Å². The summed E-state index contributed by atoms with van der Waals surface area (Å²) in [6.45, 7) is 0.249. The highest BCUT2D eigenvalue weighted by Crippen LogP contribution is 2.15. The lowest BCUT2D eigenvalue weighted by atomic mass is 10.0. The molecule has 1 aliphatic heterocycles. The molecule has 18 heavy (non-hydrogen) atoms. The number of rotatable bonds is 6. The number of carboxylic acid groups (broad SMARTS) is 1. The second kappa shape index (κ2) is 6.20. The van der Waals surface area contributed by atoms with Crippen LogP contribution >= 0.6 is 0 Å². The fourth-order valence-corrected chi connectivity index (χ4v) is 1.85. The SMILES string of the molecule is NC(=O)N1CC(C[C@H](O)CCCC(=O)[O-])N=C1N. The molecular formula is C10H17N4O4-. The maximum Gasteiger partial charge on any atom is 0.321 e. The lowest BCUT2D eigenvalue weighted by Crippen LogP contribution is -2.43. The number of aliphatic imine (C=N–C) groups is 1. The summed E-state index contributed by atoms with van der Waals surface area (Å²) in [5.41, 5.74) is 10.6. The molecule has 8 nitrogen and oxygen atoms in total. The van der Waals surface area contributed by atoms with Gasteiger partial charge in [-0.25, -0.2) is 9.79 Å². The zero-order chi connectivity index (χ0) is 13.7. The fourth-order valence-electron chi connectivity index (χ4n) is 1.85. The van der Waals surface area contributed by atoms with Crippen LogP contribution in [0.25, 0.3) is 0 Å². The van der Waals surface area contributed by atoms with Crippen molar-refractivity contribution < 1.29 is 19.8 Å². The summed E-state index contributed by atoms with van der Waals surface area (Å²) >= 11 is 0. The zero-order valence-corrected chi connectivity index (χ0v) is 9.91. The Labute approximate surface area is 104 Å². The van der Waals surface area contributed by atoms with Gasteiger partial charge in [-0.3, -0.25) is 4.90 Å². The van der Waals surface area contributed by atoms with E-state index in [1.165, 1.54) is 0 Å². The molecule has 8 heteroatoms. The standard InChI is InChI=1S/C10H18N4O4/c11-9-13-6(5-14(9)10(12)18)4-7(15)2-1-3-8(16)17/h6-7,15H,1-5H2,(H2,11,13)(H2,12,18)(H,16,17)/p-1/t6?,7-/m1/s1. The van der Waals surface area contributed by atoms with Gasteiger partial charge in [0, 0.05) is 5.97 Å². The number of amides is 2. The number of aliphatic hydroxyl groups excluding tert-OH is 1. The van der Waals surface area contributed by atoms with Gasteiger partial charge in [-0.05, 0) is 25.7 Å². The molecule has 102 valence electrons. The number of guanidine groups is 1. The Morgan fingerprint density at radius 1 is 1.61 bits per heavy atom. The van der Waals surface area contributed by atoms with Crippen molar-refractivity contribution in [3.63, 3.8) is 0 Å². The first-order chi connectivity index (χ1) is 8.40. The summed E-state index contributed by atoms with van der Waals surface area (Å²) in [6, 6.07) is -0.972. The molecule has 0 aromatic rings. The third-order valence-corrected chi connectivity index (χ3v) is 2.71. The molecule has 1 heterocycles. The van der Waals surface area contributed by atoms with Gasteiger partial charge in [0.05, 0.1) is 18.7 Å². The Hall–Kier alpha value is -1.83. The van der Waals surface area contributed by atoms with Crippen LogP contribution in [0.4, 0.5) is 4.79 Å². The fraction of sp³-hybridized carbons (Fsp3) is 0.700. The van der Waals surface area contributed by atoms with Gasteiger partial charge < -0.3 is 26.5 Å². The van der Waals surface area contributed by atoms with Gasteiger partial charge in [-0.2, -0.15) is 0 Å². The number of aliphatic hydroxyl groups is 1. The number of carboxylic acids is 1. The van der Waals surface area contributed by atoms with E-state index in [9.17, 15) is 19.8 Å². The molecule has 0 aromatic carbocycles. The van der Waals surface area contributed by atoms with Crippen molar-refractivity contribution in [3.05, 3.63) is 0 Å². The Morgan fingerprint density at radius 2 is 2.28 bits per heavy atom. The quantitative estimate of drug-likeness (QED) is 0.491. The highest BCUT2D eigenvalue weighted by molar-refractivity contribution is 5.96. The van der Waals surface area contributed by atoms with Crippen LogP contribution < -0.4 is 16.6 Å². The van der Waals surface area contributed by atoms with E-state index in [-0.39, 0.29) is 25.0 Å². The lowest BCUT2D eigenvalue weighted by molar-refractivity contribution is -0.305. The number of urea groups is 1. The summed E-state index contributed by atoms with van der Waals surface area (Å²) < 4.78 is 0. The summed E-state index contributed by atoms with van der Waals surface area (Å²) in [5.74, 6) is -1.08. The minimum Gasteiger partial charge on any atom is -0.550 e. The van der Waals surface area contributed by atoms with Crippen molar-refractivity contribution in [2.45, 2.75) is 37.8 Å². The Bertz CT molecular complexity index is 358. The van der Waals surface area contributed by atoms with Crippen molar-refractivity contribution >= 4 is 18.0 Å². The van der Waals surface area contributed by atoms with Crippen molar-refractivity contribution in [2.24, 2.45) is 16.5 Å². The summed E-state index contributed by atoms with van der Waals surface area (Å²) in [4.78, 5) is 26.3. The van der Waals surface area contributed by atoms with Gasteiger partial charge in [-0.1, -0.05) is 0 Å². The number of nitrogens with zero attached hydrogens (tertiary/aromatic N) is 2. The van der Waals surface area contributed by atoms with Gasteiger partial charge in [0.25, 0.3) is 0 Å². The second-order valence-electron chi connectivity index (χ2n) is 4.24. The molecule has 2 amide bonds. The van der Waals surface area contributed by atoms with E-state index < -0.39 is 18.1 Å². The van der Waals surface area contributed by atoms with Crippen molar-refractivity contribution in [3.8, 4) is 0 Å². The van der Waals surface area contributed by atoms with E-state index in [1.54, 1.807) is 0 Å². The van der Waals surface area contributed by atoms with Crippen LogP contribution in [0.3, 0.4) is 0 Å². The maximum atomic E-state index is 10.9. The molecule has 0 spiro atoms. The van der Waals surface area contributed by atoms with Crippen molar-refractivity contribution in [2.75, 3.05) is 6.54 Å². The van der Waals surface area contributed by atoms with Gasteiger partial charge in [0.1, 0.15) is 0 Å². The first-order valence-corrected chi connectivity index (χ1v) is 5.68. The normalized spacial score (nSPS) is 20.6. The molecule has 1 rings (SSSR count). The number of hydrogen-bond donors (Lipinski definition) is 3. The van der Waals surface area contributed by atoms with Crippen LogP contribution in [0.5, 0.6) is 0 Å². The lowest BCUT2D eigenvalue weighted by Gasteiger charge is -2.16. The molecule has 0 saturated carbocycles. The van der Waals surface area contributed by atoms with E-state index in [0.717, 1.165) is 4.90 Å².